The van der Waals surface area contributed by atoms with E-state index in [2.05, 4.69) is 29.3 Å². The van der Waals surface area contributed by atoms with Gasteiger partial charge in [-0.05, 0) is 37.5 Å². The van der Waals surface area contributed by atoms with E-state index in [1.165, 1.54) is 9.75 Å². The summed E-state index contributed by atoms with van der Waals surface area (Å²) in [6.07, 6.45) is 2.31. The van der Waals surface area contributed by atoms with E-state index in [0.29, 0.717) is 6.04 Å². The quantitative estimate of drug-likeness (QED) is 0.942. The van der Waals surface area contributed by atoms with E-state index in [1.54, 1.807) is 11.3 Å². The van der Waals surface area contributed by atoms with Crippen molar-refractivity contribution in [1.29, 1.82) is 0 Å². The van der Waals surface area contributed by atoms with Crippen molar-refractivity contribution in [3.63, 3.8) is 0 Å². The van der Waals surface area contributed by atoms with Crippen molar-refractivity contribution < 1.29 is 4.79 Å². The normalized spacial score (nSPS) is 25.6. The Morgan fingerprint density at radius 2 is 1.90 bits per heavy atom. The van der Waals surface area contributed by atoms with Gasteiger partial charge in [0.1, 0.15) is 12.2 Å². The predicted molar refractivity (Wildman–Crippen MR) is 84.0 cm³/mol. The van der Waals surface area contributed by atoms with Crippen LogP contribution < -0.4 is 5.32 Å². The molecule has 3 nitrogen and oxygen atoms in total. The predicted octanol–water partition coefficient (Wildman–Crippen LogP) is 3.39. The number of hydrogen-bond donors (Lipinski definition) is 1. The number of nitrogens with one attached hydrogen (secondary N) is 1. The van der Waals surface area contributed by atoms with Crippen molar-refractivity contribution in [3.05, 3.63) is 57.8 Å². The van der Waals surface area contributed by atoms with Crippen LogP contribution in [0.1, 0.15) is 40.4 Å². The summed E-state index contributed by atoms with van der Waals surface area (Å²) in [6, 6.07) is 14.5. The zero-order valence-electron chi connectivity index (χ0n) is 12.0. The van der Waals surface area contributed by atoms with Crippen LogP contribution in [0.4, 0.5) is 0 Å². The number of benzene rings is 1. The molecule has 2 unspecified atom stereocenters. The monoisotopic (exact) mass is 298 g/mol. The summed E-state index contributed by atoms with van der Waals surface area (Å²) in [5.74, 6) is 0.222. The maximum absolute atomic E-state index is 12.8. The maximum Gasteiger partial charge on any atom is 0.246 e. The number of aryl methyl sites for hydroxylation is 1. The van der Waals surface area contributed by atoms with Crippen molar-refractivity contribution in [3.8, 4) is 0 Å². The zero-order chi connectivity index (χ0) is 14.4. The summed E-state index contributed by atoms with van der Waals surface area (Å²) in [5, 5.41) is 3.54. The molecule has 1 aliphatic heterocycles. The summed E-state index contributed by atoms with van der Waals surface area (Å²) < 4.78 is 0. The van der Waals surface area contributed by atoms with Gasteiger partial charge in [-0.1, -0.05) is 30.3 Å². The minimum atomic E-state index is -0.209. The highest BCUT2D eigenvalue weighted by Crippen LogP contribution is 2.42. The fourth-order valence-electron chi connectivity index (χ4n) is 3.03. The van der Waals surface area contributed by atoms with Crippen molar-refractivity contribution in [2.24, 2.45) is 0 Å². The summed E-state index contributed by atoms with van der Waals surface area (Å²) in [4.78, 5) is 17.5. The average Bonchev–Trinajstić information content (AvgIpc) is 3.15. The van der Waals surface area contributed by atoms with E-state index in [1.807, 2.05) is 30.3 Å². The van der Waals surface area contributed by atoms with E-state index in [-0.39, 0.29) is 18.1 Å². The molecular weight excluding hydrogens is 280 g/mol. The number of carbonyl (C=O) groups excluding carboxylic acids is 1. The lowest BCUT2D eigenvalue weighted by Crippen LogP contribution is -2.31. The largest absolute Gasteiger partial charge is 0.317 e. The summed E-state index contributed by atoms with van der Waals surface area (Å²) in [6.45, 7) is 2.11. The van der Waals surface area contributed by atoms with Gasteiger partial charge in [0, 0.05) is 15.8 Å². The highest BCUT2D eigenvalue weighted by atomic mass is 32.1. The molecular formula is C17H18N2OS. The van der Waals surface area contributed by atoms with Crippen LogP contribution in [0, 0.1) is 6.92 Å². The Morgan fingerprint density at radius 3 is 2.52 bits per heavy atom. The Hall–Kier alpha value is -1.65. The van der Waals surface area contributed by atoms with Crippen LogP contribution in [0.5, 0.6) is 0 Å². The first-order chi connectivity index (χ1) is 10.2. The van der Waals surface area contributed by atoms with Gasteiger partial charge in [-0.15, -0.1) is 11.3 Å². The second kappa shape index (κ2) is 4.97. The zero-order valence-corrected chi connectivity index (χ0v) is 12.8. The molecule has 2 atom stereocenters. The van der Waals surface area contributed by atoms with Gasteiger partial charge < -0.3 is 4.90 Å². The second-order valence-corrected chi connectivity index (χ2v) is 7.16. The van der Waals surface area contributed by atoms with Gasteiger partial charge in [0.2, 0.25) is 5.91 Å². The number of nitrogens with zero attached hydrogens (tertiary/aromatic N) is 1. The van der Waals surface area contributed by atoms with E-state index < -0.39 is 0 Å². The number of thiophene rings is 1. The van der Waals surface area contributed by atoms with Crippen molar-refractivity contribution in [1.82, 2.24) is 10.2 Å². The number of carbonyl (C=O) groups is 1. The molecule has 2 aromatic rings. The molecule has 2 aliphatic rings. The van der Waals surface area contributed by atoms with Gasteiger partial charge in [0.05, 0.1) is 0 Å². The third-order valence-electron chi connectivity index (χ3n) is 4.21. The number of rotatable bonds is 3. The second-order valence-electron chi connectivity index (χ2n) is 5.84. The molecule has 1 amide bonds. The van der Waals surface area contributed by atoms with Crippen LogP contribution in [0.2, 0.25) is 0 Å². The van der Waals surface area contributed by atoms with E-state index >= 15 is 0 Å². The molecule has 0 radical (unpaired) electrons. The Labute approximate surface area is 128 Å². The van der Waals surface area contributed by atoms with Gasteiger partial charge >= 0.3 is 0 Å². The fourth-order valence-corrected chi connectivity index (χ4v) is 3.97. The molecule has 1 N–H and O–H groups in total. The minimum Gasteiger partial charge on any atom is -0.317 e. The van der Waals surface area contributed by atoms with Crippen LogP contribution in [0.3, 0.4) is 0 Å². The fraction of sp³-hybridized carbons (Fsp3) is 0.353. The third-order valence-corrected chi connectivity index (χ3v) is 5.26. The van der Waals surface area contributed by atoms with Crippen LogP contribution in [-0.4, -0.2) is 16.8 Å². The number of hydrogen-bond acceptors (Lipinski definition) is 3. The Bertz CT molecular complexity index is 662. The van der Waals surface area contributed by atoms with E-state index in [9.17, 15) is 4.79 Å². The van der Waals surface area contributed by atoms with E-state index in [4.69, 9.17) is 0 Å². The SMILES string of the molecule is Cc1ccc(C2NC(c3ccccc3)C(=O)N2C2CC2)s1. The molecule has 2 fully saturated rings. The smallest absolute Gasteiger partial charge is 0.246 e. The van der Waals surface area contributed by atoms with Gasteiger partial charge in [-0.25, -0.2) is 0 Å². The Kier molecular flexibility index (Phi) is 3.08. The molecule has 1 saturated heterocycles. The molecule has 4 rings (SSSR count). The Morgan fingerprint density at radius 1 is 1.14 bits per heavy atom. The third kappa shape index (κ3) is 2.28. The lowest BCUT2D eigenvalue weighted by atomic mass is 10.1. The molecule has 0 spiro atoms. The molecule has 1 saturated carbocycles. The highest BCUT2D eigenvalue weighted by molar-refractivity contribution is 7.12. The molecule has 2 heterocycles. The van der Waals surface area contributed by atoms with Gasteiger partial charge in [-0.3, -0.25) is 10.1 Å². The average molecular weight is 298 g/mol. The Balaban J connectivity index is 1.69. The van der Waals surface area contributed by atoms with Crippen LogP contribution in [0.15, 0.2) is 42.5 Å². The molecule has 1 aromatic heterocycles. The molecule has 1 aromatic carbocycles. The summed E-state index contributed by atoms with van der Waals surface area (Å²) in [7, 11) is 0. The van der Waals surface area contributed by atoms with Gasteiger partial charge in [0.15, 0.2) is 0 Å². The molecule has 21 heavy (non-hydrogen) atoms. The summed E-state index contributed by atoms with van der Waals surface area (Å²) >= 11 is 1.78. The lowest BCUT2D eigenvalue weighted by Gasteiger charge is -2.22. The van der Waals surface area contributed by atoms with Crippen LogP contribution >= 0.6 is 11.3 Å². The lowest BCUT2D eigenvalue weighted by molar-refractivity contribution is -0.130. The first-order valence-electron chi connectivity index (χ1n) is 7.43. The van der Waals surface area contributed by atoms with E-state index in [0.717, 1.165) is 18.4 Å². The van der Waals surface area contributed by atoms with Crippen molar-refractivity contribution >= 4 is 17.2 Å². The van der Waals surface area contributed by atoms with Crippen molar-refractivity contribution in [2.45, 2.75) is 38.0 Å². The molecule has 1 aliphatic carbocycles. The maximum atomic E-state index is 12.8. The molecule has 4 heteroatoms. The van der Waals surface area contributed by atoms with Crippen molar-refractivity contribution in [2.75, 3.05) is 0 Å². The van der Waals surface area contributed by atoms with Crippen LogP contribution in [-0.2, 0) is 4.79 Å². The van der Waals surface area contributed by atoms with Crippen LogP contribution in [0.25, 0.3) is 0 Å². The highest BCUT2D eigenvalue weighted by Gasteiger charge is 2.47. The molecule has 0 bridgehead atoms. The van der Waals surface area contributed by atoms with Gasteiger partial charge in [-0.2, -0.15) is 0 Å². The summed E-state index contributed by atoms with van der Waals surface area (Å²) in [5.41, 5.74) is 1.06. The first-order valence-corrected chi connectivity index (χ1v) is 8.25. The number of amides is 1. The van der Waals surface area contributed by atoms with Gasteiger partial charge in [0.25, 0.3) is 0 Å². The first kappa shape index (κ1) is 13.0. The topological polar surface area (TPSA) is 32.3 Å². The standard InChI is InChI=1S/C17H18N2OS/c1-11-7-10-14(21-11)16-18-15(12-5-3-2-4-6-12)17(20)19(16)13-8-9-13/h2-7,10,13,15-16,18H,8-9H2,1H3. The minimum absolute atomic E-state index is 0.0360. The molecule has 108 valence electrons.